The highest BCUT2D eigenvalue weighted by molar-refractivity contribution is 6.30. The number of hydrogen-bond donors (Lipinski definition) is 1. The minimum absolute atomic E-state index is 0.187. The number of aromatic nitrogens is 1. The van der Waals surface area contributed by atoms with Crippen LogP contribution in [0.4, 0.5) is 0 Å². The lowest BCUT2D eigenvalue weighted by molar-refractivity contribution is -0.160. The fourth-order valence-electron chi connectivity index (χ4n) is 5.07. The molecule has 0 saturated carbocycles. The number of carboxylic acid groups (broad SMARTS) is 1. The number of halogens is 2. The Bertz CT molecular complexity index is 1190. The van der Waals surface area contributed by atoms with Crippen molar-refractivity contribution in [1.82, 2.24) is 9.88 Å². The van der Waals surface area contributed by atoms with Gasteiger partial charge in [0.05, 0.1) is 29.6 Å². The van der Waals surface area contributed by atoms with E-state index in [1.807, 2.05) is 72.5 Å². The first-order chi connectivity index (χ1) is 16.2. The van der Waals surface area contributed by atoms with Gasteiger partial charge in [0.1, 0.15) is 0 Å². The van der Waals surface area contributed by atoms with Crippen LogP contribution in [0, 0.1) is 5.41 Å². The van der Waals surface area contributed by atoms with Gasteiger partial charge in [-0.3, -0.25) is 14.6 Å². The van der Waals surface area contributed by atoms with Crippen molar-refractivity contribution >= 4 is 35.1 Å². The molecular weight excluding hydrogens is 471 g/mol. The molecule has 4 atom stereocenters. The van der Waals surface area contributed by atoms with Crippen molar-refractivity contribution in [2.75, 3.05) is 0 Å². The van der Waals surface area contributed by atoms with E-state index in [0.29, 0.717) is 16.5 Å². The largest absolute Gasteiger partial charge is 0.481 e. The lowest BCUT2D eigenvalue weighted by atomic mass is 9.67. The molecule has 0 bridgehead atoms. The lowest BCUT2D eigenvalue weighted by Gasteiger charge is -2.51. The Morgan fingerprint density at radius 1 is 1.09 bits per heavy atom. The van der Waals surface area contributed by atoms with E-state index in [1.165, 1.54) is 0 Å². The highest BCUT2D eigenvalue weighted by Gasteiger charge is 2.52. The van der Waals surface area contributed by atoms with Crippen LogP contribution in [-0.4, -0.2) is 26.9 Å². The molecule has 1 aliphatic rings. The maximum Gasteiger partial charge on any atom is 0.304 e. The first kappa shape index (κ1) is 24.2. The average Bonchev–Trinajstić information content (AvgIpc) is 2.81. The van der Waals surface area contributed by atoms with E-state index in [2.05, 4.69) is 4.98 Å². The molecule has 1 unspecified atom stereocenters. The minimum atomic E-state index is -1.09. The second-order valence-electron chi connectivity index (χ2n) is 9.14. The van der Waals surface area contributed by atoms with Crippen LogP contribution in [-0.2, 0) is 9.59 Å². The summed E-state index contributed by atoms with van der Waals surface area (Å²) >= 11 is 12.5. The third kappa shape index (κ3) is 4.82. The molecule has 2 aromatic carbocycles. The second kappa shape index (κ2) is 9.77. The second-order valence-corrected chi connectivity index (χ2v) is 10.0. The number of amides is 1. The smallest absolute Gasteiger partial charge is 0.304 e. The van der Waals surface area contributed by atoms with E-state index in [1.54, 1.807) is 19.2 Å². The zero-order chi connectivity index (χ0) is 24.5. The number of likely N-dealkylation sites (tertiary alicyclic amines) is 1. The van der Waals surface area contributed by atoms with Gasteiger partial charge in [-0.25, -0.2) is 0 Å². The Morgan fingerprint density at radius 3 is 2.44 bits per heavy atom. The van der Waals surface area contributed by atoms with Crippen molar-refractivity contribution in [3.05, 3.63) is 99.8 Å². The monoisotopic (exact) mass is 496 g/mol. The molecule has 1 fully saturated rings. The fraction of sp³-hybridized carbons (Fsp3) is 0.296. The Labute approximate surface area is 209 Å². The van der Waals surface area contributed by atoms with Crippen molar-refractivity contribution in [1.29, 1.82) is 0 Å². The zero-order valence-corrected chi connectivity index (χ0v) is 20.5. The van der Waals surface area contributed by atoms with Gasteiger partial charge in [0.25, 0.3) is 0 Å². The van der Waals surface area contributed by atoms with Crippen LogP contribution >= 0.6 is 23.2 Å². The normalized spacial score (nSPS) is 23.5. The summed E-state index contributed by atoms with van der Waals surface area (Å²) in [6, 6.07) is 19.9. The zero-order valence-electron chi connectivity index (χ0n) is 19.0. The fourth-order valence-corrected chi connectivity index (χ4v) is 5.40. The van der Waals surface area contributed by atoms with Crippen LogP contribution in [0.5, 0.6) is 0 Å². The molecule has 176 valence electrons. The van der Waals surface area contributed by atoms with Gasteiger partial charge >= 0.3 is 5.97 Å². The van der Waals surface area contributed by atoms with Crippen molar-refractivity contribution in [3.63, 3.8) is 0 Å². The number of nitrogens with zero attached hydrogens (tertiary/aromatic N) is 2. The summed E-state index contributed by atoms with van der Waals surface area (Å²) in [5.41, 5.74) is 1.52. The molecule has 4 rings (SSSR count). The maximum atomic E-state index is 14.1. The molecule has 7 heteroatoms. The third-order valence-corrected chi connectivity index (χ3v) is 7.15. The number of carbonyl (C=O) groups excluding carboxylic acids is 1. The lowest BCUT2D eigenvalue weighted by Crippen LogP contribution is -2.53. The van der Waals surface area contributed by atoms with Crippen LogP contribution < -0.4 is 0 Å². The average molecular weight is 497 g/mol. The number of aliphatic carboxylic acids is 1. The number of carbonyl (C=O) groups is 2. The van der Waals surface area contributed by atoms with Gasteiger partial charge < -0.3 is 10.0 Å². The highest BCUT2D eigenvalue weighted by Crippen LogP contribution is 2.53. The Kier molecular flexibility index (Phi) is 6.96. The molecule has 0 spiro atoms. The molecule has 1 N–H and O–H groups in total. The van der Waals surface area contributed by atoms with Gasteiger partial charge in [-0.2, -0.15) is 0 Å². The predicted octanol–water partition coefficient (Wildman–Crippen LogP) is 6.69. The molecule has 2 heterocycles. The van der Waals surface area contributed by atoms with Crippen LogP contribution in [0.25, 0.3) is 0 Å². The number of hydrogen-bond acceptors (Lipinski definition) is 3. The number of piperidine rings is 1. The SMILES string of the molecule is CC(c1ccccn1)N1C(=O)[C@@](C)(CC(=O)O)C[C@H](c2cccc(Cl)c2)[C@H]1c1ccc(Cl)cc1. The van der Waals surface area contributed by atoms with Crippen molar-refractivity contribution in [2.45, 2.75) is 44.7 Å². The van der Waals surface area contributed by atoms with E-state index in [0.717, 1.165) is 16.8 Å². The maximum absolute atomic E-state index is 14.1. The first-order valence-electron chi connectivity index (χ1n) is 11.2. The molecule has 0 radical (unpaired) electrons. The van der Waals surface area contributed by atoms with Gasteiger partial charge in [0.2, 0.25) is 5.91 Å². The van der Waals surface area contributed by atoms with E-state index in [9.17, 15) is 14.7 Å². The molecule has 1 aliphatic heterocycles. The molecule has 5 nitrogen and oxygen atoms in total. The quantitative estimate of drug-likeness (QED) is 0.412. The molecule has 34 heavy (non-hydrogen) atoms. The highest BCUT2D eigenvalue weighted by atomic mass is 35.5. The van der Waals surface area contributed by atoms with Crippen molar-refractivity contribution < 1.29 is 14.7 Å². The van der Waals surface area contributed by atoms with Crippen LogP contribution in [0.3, 0.4) is 0 Å². The molecule has 1 aromatic heterocycles. The Balaban J connectivity index is 1.92. The van der Waals surface area contributed by atoms with Gasteiger partial charge in [0.15, 0.2) is 0 Å². The summed E-state index contributed by atoms with van der Waals surface area (Å²) in [5.74, 6) is -1.39. The number of benzene rings is 2. The summed E-state index contributed by atoms with van der Waals surface area (Å²) < 4.78 is 0. The number of carboxylic acids is 1. The number of rotatable bonds is 6. The Morgan fingerprint density at radius 2 is 1.82 bits per heavy atom. The van der Waals surface area contributed by atoms with Crippen molar-refractivity contribution in [2.24, 2.45) is 5.41 Å². The molecule has 1 saturated heterocycles. The van der Waals surface area contributed by atoms with Crippen molar-refractivity contribution in [3.8, 4) is 0 Å². The molecule has 1 amide bonds. The van der Waals surface area contributed by atoms with E-state index < -0.39 is 11.4 Å². The van der Waals surface area contributed by atoms with Crippen LogP contribution in [0.2, 0.25) is 10.0 Å². The molecule has 0 aliphatic carbocycles. The summed E-state index contributed by atoms with van der Waals surface area (Å²) in [5, 5.41) is 10.9. The van der Waals surface area contributed by atoms with E-state index in [-0.39, 0.29) is 30.3 Å². The number of pyridine rings is 1. The minimum Gasteiger partial charge on any atom is -0.481 e. The van der Waals surface area contributed by atoms with Crippen LogP contribution in [0.1, 0.15) is 61.5 Å². The van der Waals surface area contributed by atoms with Gasteiger partial charge in [0, 0.05) is 22.2 Å². The molecule has 3 aromatic rings. The van der Waals surface area contributed by atoms with Gasteiger partial charge in [-0.15, -0.1) is 0 Å². The predicted molar refractivity (Wildman–Crippen MR) is 133 cm³/mol. The third-order valence-electron chi connectivity index (χ3n) is 6.66. The van der Waals surface area contributed by atoms with Gasteiger partial charge in [-0.1, -0.05) is 60.5 Å². The Hall–Kier alpha value is -2.89. The van der Waals surface area contributed by atoms with Gasteiger partial charge in [-0.05, 0) is 60.9 Å². The van der Waals surface area contributed by atoms with E-state index >= 15 is 0 Å². The summed E-state index contributed by atoms with van der Waals surface area (Å²) in [6.45, 7) is 3.68. The summed E-state index contributed by atoms with van der Waals surface area (Å²) in [7, 11) is 0. The summed E-state index contributed by atoms with van der Waals surface area (Å²) in [4.78, 5) is 32.2. The summed E-state index contributed by atoms with van der Waals surface area (Å²) in [6.07, 6.45) is 1.81. The standard InChI is InChI=1S/C27H26Cl2N2O3/c1-17(23-8-3-4-13-30-23)31-25(18-9-11-20(28)12-10-18)22(19-6-5-7-21(29)14-19)15-27(2,26(31)34)16-24(32)33/h3-14,17,22,25H,15-16H2,1-2H3,(H,32,33)/t17?,22-,25-,27-/m1/s1. The van der Waals surface area contributed by atoms with Crippen LogP contribution in [0.15, 0.2) is 72.9 Å². The first-order valence-corrected chi connectivity index (χ1v) is 11.9. The van der Waals surface area contributed by atoms with E-state index in [4.69, 9.17) is 23.2 Å². The topological polar surface area (TPSA) is 70.5 Å². The molecular formula is C27H26Cl2N2O3.